The molecule has 1 heterocycles. The molecule has 0 bridgehead atoms. The number of nitrogens with one attached hydrogen (secondary N) is 1. The molecule has 0 radical (unpaired) electrons. The topological polar surface area (TPSA) is 85.3 Å². The van der Waals surface area contributed by atoms with Gasteiger partial charge in [-0.25, -0.2) is 0 Å². The van der Waals surface area contributed by atoms with Crippen LogP contribution in [0.2, 0.25) is 0 Å². The standard InChI is InChI=1S/C34H41N3O4/c1-3-31-32(25-38)41-37(33(31)34(40)35-20-11-21-36(2)29-16-8-5-9-17-29)24-28-15-10-14-27(22-28)18-19-30(39)23-26-12-6-4-7-13-26/h4-10,12-17,22,30-33,38-39H,3,11,20-21,23-25H2,1-2H3,(H,35,40)/t30?,31-,32+,33+/m0/s1. The van der Waals surface area contributed by atoms with Gasteiger partial charge in [0, 0.05) is 43.7 Å². The van der Waals surface area contributed by atoms with E-state index >= 15 is 0 Å². The van der Waals surface area contributed by atoms with Gasteiger partial charge in [0.05, 0.1) is 13.2 Å². The Morgan fingerprint density at radius 2 is 1.76 bits per heavy atom. The van der Waals surface area contributed by atoms with Crippen LogP contribution in [-0.2, 0) is 22.6 Å². The average molecular weight is 556 g/mol. The molecule has 7 heteroatoms. The summed E-state index contributed by atoms with van der Waals surface area (Å²) in [5.41, 5.74) is 3.89. The van der Waals surface area contributed by atoms with Crippen molar-refractivity contribution in [3.63, 3.8) is 0 Å². The van der Waals surface area contributed by atoms with Gasteiger partial charge in [0.2, 0.25) is 5.91 Å². The number of amides is 1. The number of hydrogen-bond acceptors (Lipinski definition) is 6. The molecule has 216 valence electrons. The van der Waals surface area contributed by atoms with Gasteiger partial charge in [-0.05, 0) is 48.2 Å². The summed E-state index contributed by atoms with van der Waals surface area (Å²) in [5, 5.41) is 25.2. The number of hydroxylamine groups is 2. The Morgan fingerprint density at radius 3 is 2.46 bits per heavy atom. The maximum absolute atomic E-state index is 13.4. The van der Waals surface area contributed by atoms with Crippen LogP contribution >= 0.6 is 0 Å². The Morgan fingerprint density at radius 1 is 1.05 bits per heavy atom. The van der Waals surface area contributed by atoms with E-state index in [4.69, 9.17) is 4.84 Å². The van der Waals surface area contributed by atoms with E-state index < -0.39 is 18.2 Å². The van der Waals surface area contributed by atoms with Crippen LogP contribution in [0.25, 0.3) is 0 Å². The third-order valence-electron chi connectivity index (χ3n) is 7.47. The lowest BCUT2D eigenvalue weighted by Crippen LogP contribution is -2.46. The van der Waals surface area contributed by atoms with Gasteiger partial charge in [-0.3, -0.25) is 9.63 Å². The molecule has 0 saturated carbocycles. The molecule has 1 aliphatic rings. The van der Waals surface area contributed by atoms with E-state index in [-0.39, 0.29) is 18.4 Å². The van der Waals surface area contributed by atoms with E-state index in [0.717, 1.165) is 35.3 Å². The monoisotopic (exact) mass is 555 g/mol. The van der Waals surface area contributed by atoms with E-state index in [0.29, 0.717) is 25.9 Å². The van der Waals surface area contributed by atoms with Crippen molar-refractivity contribution in [3.8, 4) is 11.8 Å². The molecule has 7 nitrogen and oxygen atoms in total. The lowest BCUT2D eigenvalue weighted by atomic mass is 9.91. The normalized spacial score (nSPS) is 19.3. The number of nitrogens with zero attached hydrogens (tertiary/aromatic N) is 2. The van der Waals surface area contributed by atoms with E-state index in [2.05, 4.69) is 34.2 Å². The largest absolute Gasteiger partial charge is 0.394 e. The summed E-state index contributed by atoms with van der Waals surface area (Å²) in [6.45, 7) is 3.62. The number of hydrogen-bond donors (Lipinski definition) is 3. The van der Waals surface area contributed by atoms with E-state index in [1.165, 1.54) is 0 Å². The fraction of sp³-hybridized carbons (Fsp3) is 0.382. The summed E-state index contributed by atoms with van der Waals surface area (Å²) < 4.78 is 0. The minimum Gasteiger partial charge on any atom is -0.394 e. The quantitative estimate of drug-likeness (QED) is 0.233. The van der Waals surface area contributed by atoms with Gasteiger partial charge in [0.25, 0.3) is 0 Å². The summed E-state index contributed by atoms with van der Waals surface area (Å²) in [6.07, 6.45) is 0.786. The summed E-state index contributed by atoms with van der Waals surface area (Å²) in [6, 6.07) is 27.2. The van der Waals surface area contributed by atoms with Crippen LogP contribution < -0.4 is 10.2 Å². The highest BCUT2D eigenvalue weighted by molar-refractivity contribution is 5.82. The molecule has 1 saturated heterocycles. The van der Waals surface area contributed by atoms with Gasteiger partial charge in [0.1, 0.15) is 18.2 Å². The average Bonchev–Trinajstić information content (AvgIpc) is 3.36. The van der Waals surface area contributed by atoms with Crippen molar-refractivity contribution in [3.05, 3.63) is 102 Å². The number of aliphatic hydroxyl groups excluding tert-OH is 2. The Kier molecular flexibility index (Phi) is 11.4. The molecule has 4 atom stereocenters. The van der Waals surface area contributed by atoms with Crippen LogP contribution in [0.1, 0.15) is 36.5 Å². The smallest absolute Gasteiger partial charge is 0.240 e. The van der Waals surface area contributed by atoms with Crippen molar-refractivity contribution >= 4 is 11.6 Å². The lowest BCUT2D eigenvalue weighted by molar-refractivity contribution is -0.181. The van der Waals surface area contributed by atoms with E-state index in [9.17, 15) is 15.0 Å². The second-order valence-electron chi connectivity index (χ2n) is 10.5. The molecule has 0 aromatic heterocycles. The molecule has 0 spiro atoms. The highest BCUT2D eigenvalue weighted by Crippen LogP contribution is 2.32. The SMILES string of the molecule is CC[C@H]1[C@@H](CO)ON(Cc2cccc(C#CC(O)Cc3ccccc3)c2)[C@H]1C(=O)NCCCN(C)c1ccccc1. The molecular formula is C34H41N3O4. The first kappa shape index (κ1) is 30.3. The molecule has 3 aromatic carbocycles. The molecule has 3 aromatic rings. The second kappa shape index (κ2) is 15.4. The number of aliphatic hydroxyl groups is 2. The Labute approximate surface area is 243 Å². The third kappa shape index (κ3) is 8.66. The molecule has 1 fully saturated rings. The number of anilines is 1. The molecule has 3 N–H and O–H groups in total. The minimum atomic E-state index is -0.765. The summed E-state index contributed by atoms with van der Waals surface area (Å²) >= 11 is 0. The predicted octanol–water partition coefficient (Wildman–Crippen LogP) is 3.79. The fourth-order valence-electron chi connectivity index (χ4n) is 5.28. The van der Waals surface area contributed by atoms with Gasteiger partial charge in [-0.15, -0.1) is 0 Å². The number of carbonyl (C=O) groups is 1. The third-order valence-corrected chi connectivity index (χ3v) is 7.47. The summed E-state index contributed by atoms with van der Waals surface area (Å²) in [4.78, 5) is 21.7. The molecule has 1 unspecified atom stereocenters. The van der Waals surface area contributed by atoms with E-state index in [1.54, 1.807) is 5.06 Å². The molecule has 41 heavy (non-hydrogen) atoms. The van der Waals surface area contributed by atoms with Crippen molar-refractivity contribution in [1.82, 2.24) is 10.4 Å². The minimum absolute atomic E-state index is 0.0878. The van der Waals surface area contributed by atoms with E-state index in [1.807, 2.05) is 86.8 Å². The number of rotatable bonds is 12. The highest BCUT2D eigenvalue weighted by atomic mass is 16.7. The van der Waals surface area contributed by atoms with Crippen molar-refractivity contribution in [2.75, 3.05) is 31.6 Å². The van der Waals surface area contributed by atoms with Gasteiger partial charge in [-0.1, -0.05) is 79.4 Å². The van der Waals surface area contributed by atoms with Crippen molar-refractivity contribution < 1.29 is 19.8 Å². The lowest BCUT2D eigenvalue weighted by Gasteiger charge is -2.25. The number of benzene rings is 3. The van der Waals surface area contributed by atoms with Crippen molar-refractivity contribution in [2.45, 2.75) is 51.0 Å². The van der Waals surface area contributed by atoms with Crippen LogP contribution in [0.3, 0.4) is 0 Å². The Hall–Kier alpha value is -3.67. The van der Waals surface area contributed by atoms with Crippen molar-refractivity contribution in [2.24, 2.45) is 5.92 Å². The predicted molar refractivity (Wildman–Crippen MR) is 162 cm³/mol. The van der Waals surface area contributed by atoms with Gasteiger partial charge < -0.3 is 20.4 Å². The first-order valence-electron chi connectivity index (χ1n) is 14.4. The van der Waals surface area contributed by atoms with Crippen LogP contribution in [0, 0.1) is 17.8 Å². The maximum Gasteiger partial charge on any atom is 0.240 e. The van der Waals surface area contributed by atoms with Gasteiger partial charge in [-0.2, -0.15) is 5.06 Å². The van der Waals surface area contributed by atoms with Gasteiger partial charge in [0.15, 0.2) is 0 Å². The Bertz CT molecular complexity index is 1290. The fourth-order valence-corrected chi connectivity index (χ4v) is 5.28. The first-order valence-corrected chi connectivity index (χ1v) is 14.4. The molecule has 0 aliphatic carbocycles. The van der Waals surface area contributed by atoms with Crippen LogP contribution in [0.15, 0.2) is 84.9 Å². The molecule has 4 rings (SSSR count). The highest BCUT2D eigenvalue weighted by Gasteiger charge is 2.45. The van der Waals surface area contributed by atoms with Crippen molar-refractivity contribution in [1.29, 1.82) is 0 Å². The molecule has 1 aliphatic heterocycles. The summed E-state index contributed by atoms with van der Waals surface area (Å²) in [7, 11) is 2.05. The summed E-state index contributed by atoms with van der Waals surface area (Å²) in [5.74, 6) is 5.80. The van der Waals surface area contributed by atoms with Gasteiger partial charge >= 0.3 is 0 Å². The molecular weight excluding hydrogens is 514 g/mol. The maximum atomic E-state index is 13.4. The molecule has 1 amide bonds. The zero-order valence-corrected chi connectivity index (χ0v) is 23.9. The van der Waals surface area contributed by atoms with Crippen LogP contribution in [0.5, 0.6) is 0 Å². The zero-order chi connectivity index (χ0) is 29.0. The first-order chi connectivity index (χ1) is 20.0. The number of para-hydroxylation sites is 1. The zero-order valence-electron chi connectivity index (χ0n) is 23.9. The number of carbonyl (C=O) groups excluding carboxylic acids is 1. The Balaban J connectivity index is 1.36. The van der Waals surface area contributed by atoms with Crippen LogP contribution in [0.4, 0.5) is 5.69 Å². The second-order valence-corrected chi connectivity index (χ2v) is 10.5. The van der Waals surface area contributed by atoms with Crippen LogP contribution in [-0.4, -0.2) is 66.2 Å².